The molecule has 21 heavy (non-hydrogen) atoms. The minimum atomic E-state index is -0.229. The van der Waals surface area contributed by atoms with Gasteiger partial charge in [0.05, 0.1) is 19.9 Å². The highest BCUT2D eigenvalue weighted by Crippen LogP contribution is 2.20. The summed E-state index contributed by atoms with van der Waals surface area (Å²) in [4.78, 5) is 12.0. The van der Waals surface area contributed by atoms with Gasteiger partial charge in [0.2, 0.25) is 0 Å². The van der Waals surface area contributed by atoms with Gasteiger partial charge < -0.3 is 15.2 Å². The minimum absolute atomic E-state index is 0.229. The van der Waals surface area contributed by atoms with E-state index < -0.39 is 0 Å². The fraction of sp³-hybridized carbons (Fsp3) is 0.333. The van der Waals surface area contributed by atoms with Gasteiger partial charge in [-0.15, -0.1) is 0 Å². The maximum Gasteiger partial charge on any atom is 0.270 e. The minimum Gasteiger partial charge on any atom is -0.496 e. The van der Waals surface area contributed by atoms with Crippen molar-refractivity contribution < 1.29 is 9.47 Å². The maximum absolute atomic E-state index is 12.0. The molecule has 2 N–H and O–H groups in total. The largest absolute Gasteiger partial charge is 0.496 e. The third-order valence-electron chi connectivity index (χ3n) is 2.99. The Labute approximate surface area is 123 Å². The SMILES string of the molecule is COc1ccc(C)cc1Cn1ncc(OCCN)cc1=O. The fourth-order valence-corrected chi connectivity index (χ4v) is 1.98. The molecule has 6 heteroatoms. The number of methoxy groups -OCH3 is 1. The van der Waals surface area contributed by atoms with Gasteiger partial charge in [-0.3, -0.25) is 4.79 Å². The van der Waals surface area contributed by atoms with Gasteiger partial charge in [0.25, 0.3) is 5.56 Å². The highest BCUT2D eigenvalue weighted by Gasteiger charge is 2.07. The molecular formula is C15H19N3O3. The fourth-order valence-electron chi connectivity index (χ4n) is 1.98. The zero-order chi connectivity index (χ0) is 15.2. The normalized spacial score (nSPS) is 10.4. The molecule has 1 heterocycles. The van der Waals surface area contributed by atoms with Crippen LogP contribution in [0.15, 0.2) is 35.3 Å². The first-order valence-electron chi connectivity index (χ1n) is 6.67. The van der Waals surface area contributed by atoms with E-state index in [9.17, 15) is 4.79 Å². The topological polar surface area (TPSA) is 79.4 Å². The first-order valence-corrected chi connectivity index (χ1v) is 6.67. The number of rotatable bonds is 6. The molecule has 0 radical (unpaired) electrons. The second-order valence-electron chi connectivity index (χ2n) is 4.64. The van der Waals surface area contributed by atoms with Crippen LogP contribution < -0.4 is 20.8 Å². The molecule has 0 spiro atoms. The van der Waals surface area contributed by atoms with Crippen molar-refractivity contribution in [3.05, 3.63) is 51.9 Å². The van der Waals surface area contributed by atoms with Gasteiger partial charge in [-0.1, -0.05) is 17.7 Å². The zero-order valence-corrected chi connectivity index (χ0v) is 12.2. The predicted octanol–water partition coefficient (Wildman–Crippen LogP) is 0.946. The number of aromatic nitrogens is 2. The lowest BCUT2D eigenvalue weighted by atomic mass is 10.1. The van der Waals surface area contributed by atoms with Crippen molar-refractivity contribution in [3.63, 3.8) is 0 Å². The molecule has 2 rings (SSSR count). The summed E-state index contributed by atoms with van der Waals surface area (Å²) in [5.74, 6) is 1.16. The first-order chi connectivity index (χ1) is 10.1. The summed E-state index contributed by atoms with van der Waals surface area (Å²) in [6.45, 7) is 3.09. The number of ether oxygens (including phenoxy) is 2. The van der Waals surface area contributed by atoms with Crippen LogP contribution in [-0.4, -0.2) is 30.0 Å². The van der Waals surface area contributed by atoms with Gasteiger partial charge in [-0.2, -0.15) is 5.10 Å². The van der Waals surface area contributed by atoms with E-state index in [1.165, 1.54) is 16.9 Å². The van der Waals surface area contributed by atoms with Crippen LogP contribution in [0.5, 0.6) is 11.5 Å². The number of aryl methyl sites for hydroxylation is 1. The molecule has 0 aliphatic rings. The van der Waals surface area contributed by atoms with Gasteiger partial charge in [0, 0.05) is 18.2 Å². The standard InChI is InChI=1S/C15H19N3O3/c1-11-3-4-14(20-2)12(7-11)10-18-15(19)8-13(9-17-18)21-6-5-16/h3-4,7-9H,5-6,10,16H2,1-2H3. The Kier molecular flexibility index (Phi) is 4.94. The molecule has 1 aromatic heterocycles. The average molecular weight is 289 g/mol. The molecule has 0 saturated carbocycles. The van der Waals surface area contributed by atoms with Crippen molar-refractivity contribution in [1.29, 1.82) is 0 Å². The molecule has 112 valence electrons. The molecule has 0 aliphatic carbocycles. The molecule has 0 fully saturated rings. The molecule has 2 aromatic rings. The van der Waals surface area contributed by atoms with Gasteiger partial charge in [-0.05, 0) is 13.0 Å². The molecule has 0 amide bonds. The van der Waals surface area contributed by atoms with E-state index in [1.807, 2.05) is 25.1 Å². The van der Waals surface area contributed by atoms with Crippen LogP contribution >= 0.6 is 0 Å². The van der Waals surface area contributed by atoms with Crippen molar-refractivity contribution in [2.75, 3.05) is 20.3 Å². The zero-order valence-electron chi connectivity index (χ0n) is 12.2. The van der Waals surface area contributed by atoms with Gasteiger partial charge in [-0.25, -0.2) is 4.68 Å². The van der Waals surface area contributed by atoms with E-state index in [0.29, 0.717) is 25.4 Å². The summed E-state index contributed by atoms with van der Waals surface area (Å²) >= 11 is 0. The molecule has 0 aliphatic heterocycles. The Hall–Kier alpha value is -2.34. The molecule has 6 nitrogen and oxygen atoms in total. The summed E-state index contributed by atoms with van der Waals surface area (Å²) in [5, 5.41) is 4.11. The summed E-state index contributed by atoms with van der Waals surface area (Å²) in [6, 6.07) is 7.23. The molecule has 0 saturated heterocycles. The lowest BCUT2D eigenvalue weighted by molar-refractivity contribution is 0.324. The van der Waals surface area contributed by atoms with Crippen molar-refractivity contribution in [3.8, 4) is 11.5 Å². The maximum atomic E-state index is 12.0. The van der Waals surface area contributed by atoms with Gasteiger partial charge >= 0.3 is 0 Å². The smallest absolute Gasteiger partial charge is 0.270 e. The molecule has 0 bridgehead atoms. The Morgan fingerprint density at radius 3 is 2.81 bits per heavy atom. The Morgan fingerprint density at radius 2 is 2.14 bits per heavy atom. The van der Waals surface area contributed by atoms with E-state index in [4.69, 9.17) is 15.2 Å². The lowest BCUT2D eigenvalue weighted by Gasteiger charge is -2.11. The van der Waals surface area contributed by atoms with Crippen LogP contribution in [0.4, 0.5) is 0 Å². The van der Waals surface area contributed by atoms with E-state index in [0.717, 1.165) is 16.9 Å². The van der Waals surface area contributed by atoms with Crippen LogP contribution in [0.1, 0.15) is 11.1 Å². The second kappa shape index (κ2) is 6.90. The van der Waals surface area contributed by atoms with Crippen LogP contribution in [0, 0.1) is 6.92 Å². The number of nitrogens with two attached hydrogens (primary N) is 1. The molecule has 0 atom stereocenters. The predicted molar refractivity (Wildman–Crippen MR) is 79.9 cm³/mol. The summed E-state index contributed by atoms with van der Waals surface area (Å²) in [7, 11) is 1.61. The van der Waals surface area contributed by atoms with E-state index in [-0.39, 0.29) is 5.56 Å². The average Bonchev–Trinajstić information content (AvgIpc) is 2.48. The van der Waals surface area contributed by atoms with Crippen LogP contribution in [0.2, 0.25) is 0 Å². The summed E-state index contributed by atoms with van der Waals surface area (Å²) < 4.78 is 12.0. The van der Waals surface area contributed by atoms with E-state index >= 15 is 0 Å². The Morgan fingerprint density at radius 1 is 1.33 bits per heavy atom. The monoisotopic (exact) mass is 289 g/mol. The van der Waals surface area contributed by atoms with Crippen molar-refractivity contribution in [2.24, 2.45) is 5.73 Å². The lowest BCUT2D eigenvalue weighted by Crippen LogP contribution is -2.23. The van der Waals surface area contributed by atoms with E-state index in [2.05, 4.69) is 5.10 Å². The van der Waals surface area contributed by atoms with Gasteiger partial charge in [0.1, 0.15) is 18.1 Å². The quantitative estimate of drug-likeness (QED) is 0.856. The van der Waals surface area contributed by atoms with Crippen molar-refractivity contribution in [2.45, 2.75) is 13.5 Å². The Balaban J connectivity index is 2.24. The first kappa shape index (κ1) is 15.1. The third kappa shape index (κ3) is 3.82. The Bertz CT molecular complexity index is 667. The highest BCUT2D eigenvalue weighted by molar-refractivity contribution is 5.37. The third-order valence-corrected chi connectivity index (χ3v) is 2.99. The highest BCUT2D eigenvalue weighted by atomic mass is 16.5. The number of hydrogen-bond acceptors (Lipinski definition) is 5. The van der Waals surface area contributed by atoms with E-state index in [1.54, 1.807) is 7.11 Å². The molecular weight excluding hydrogens is 270 g/mol. The van der Waals surface area contributed by atoms with Crippen molar-refractivity contribution in [1.82, 2.24) is 9.78 Å². The van der Waals surface area contributed by atoms with Crippen LogP contribution in [0.25, 0.3) is 0 Å². The van der Waals surface area contributed by atoms with Crippen LogP contribution in [0.3, 0.4) is 0 Å². The van der Waals surface area contributed by atoms with Crippen LogP contribution in [-0.2, 0) is 6.54 Å². The summed E-state index contributed by atoms with van der Waals surface area (Å²) in [5.41, 5.74) is 7.13. The number of hydrogen-bond donors (Lipinski definition) is 1. The summed E-state index contributed by atoms with van der Waals surface area (Å²) in [6.07, 6.45) is 1.51. The molecule has 1 aromatic carbocycles. The molecule has 0 unspecified atom stereocenters. The number of benzene rings is 1. The van der Waals surface area contributed by atoms with Crippen molar-refractivity contribution >= 4 is 0 Å². The number of nitrogens with zero attached hydrogens (tertiary/aromatic N) is 2. The van der Waals surface area contributed by atoms with Gasteiger partial charge in [0.15, 0.2) is 0 Å². The second-order valence-corrected chi connectivity index (χ2v) is 4.64.